The van der Waals surface area contributed by atoms with Gasteiger partial charge in [0.05, 0.1) is 13.2 Å². The molecule has 4 nitrogen and oxygen atoms in total. The van der Waals surface area contributed by atoms with Gasteiger partial charge in [0.15, 0.2) is 0 Å². The average Bonchev–Trinajstić information content (AvgIpc) is 1.87. The number of hydrogen-bond acceptors (Lipinski definition) is 3. The van der Waals surface area contributed by atoms with Crippen LogP contribution in [0.2, 0.25) is 0 Å². The molecule has 1 heterocycles. The molecule has 2 radical (unpaired) electrons. The number of likely N-dealkylation sites (N-methyl/N-ethyl adjacent to an activating group) is 1. The van der Waals surface area contributed by atoms with Gasteiger partial charge in [-0.1, -0.05) is 0 Å². The highest BCUT2D eigenvalue weighted by Crippen LogP contribution is 1.89. The van der Waals surface area contributed by atoms with E-state index in [-0.39, 0.29) is 0 Å². The van der Waals surface area contributed by atoms with Crippen molar-refractivity contribution in [1.82, 2.24) is 4.90 Å². The Bertz CT molecular complexity index is 110. The zero-order valence-corrected chi connectivity index (χ0v) is 6.62. The first-order chi connectivity index (χ1) is 5.13. The highest BCUT2D eigenvalue weighted by Gasteiger charge is 2.02. The summed E-state index contributed by atoms with van der Waals surface area (Å²) in [6.07, 6.45) is 0. The van der Waals surface area contributed by atoms with E-state index in [0.717, 1.165) is 26.3 Å². The molecule has 0 atom stereocenters. The molecule has 1 aliphatic heterocycles. The molecule has 0 aromatic heterocycles. The Morgan fingerprint density at radius 2 is 1.91 bits per heavy atom. The summed E-state index contributed by atoms with van der Waals surface area (Å²) in [5.74, 6) is -1.33. The molecule has 1 rings (SSSR count). The Hall–Kier alpha value is -0.545. The number of carbonyl (C=O) groups is 1. The molecule has 1 saturated heterocycles. The van der Waals surface area contributed by atoms with Crippen molar-refractivity contribution in [1.29, 1.82) is 0 Å². The summed E-state index contributed by atoms with van der Waals surface area (Å²) >= 11 is 0. The van der Waals surface area contributed by atoms with Gasteiger partial charge in [0.1, 0.15) is 0 Å². The second-order valence-electron chi connectivity index (χ2n) is 2.25. The third kappa shape index (κ3) is 9.45. The molecule has 1 N–H and O–H groups in total. The van der Waals surface area contributed by atoms with E-state index in [4.69, 9.17) is 14.6 Å². The molecular formula is C6H12BNO3. The van der Waals surface area contributed by atoms with Gasteiger partial charge in [-0.05, 0) is 7.05 Å². The third-order valence-corrected chi connectivity index (χ3v) is 1.23. The molecule has 0 aromatic rings. The summed E-state index contributed by atoms with van der Waals surface area (Å²) in [6.45, 7) is 4.02. The first-order valence-electron chi connectivity index (χ1n) is 3.37. The van der Waals surface area contributed by atoms with E-state index in [1.165, 1.54) is 0 Å². The minimum Gasteiger partial charge on any atom is -0.490 e. The zero-order valence-electron chi connectivity index (χ0n) is 6.62. The molecule has 0 saturated carbocycles. The maximum Gasteiger partial charge on any atom is 0.233 e. The Kier molecular flexibility index (Phi) is 5.88. The van der Waals surface area contributed by atoms with Crippen LogP contribution in [0, 0.1) is 0 Å². The van der Waals surface area contributed by atoms with Crippen LogP contribution in [0.25, 0.3) is 0 Å². The van der Waals surface area contributed by atoms with Gasteiger partial charge in [0, 0.05) is 13.1 Å². The fourth-order valence-electron chi connectivity index (χ4n) is 0.655. The lowest BCUT2D eigenvalue weighted by Gasteiger charge is -2.21. The first kappa shape index (κ1) is 10.5. The van der Waals surface area contributed by atoms with E-state index >= 15 is 0 Å². The van der Waals surface area contributed by atoms with Gasteiger partial charge >= 0.3 is 0 Å². The van der Waals surface area contributed by atoms with Crippen LogP contribution in [0.4, 0.5) is 4.79 Å². The average molecular weight is 157 g/mol. The smallest absolute Gasteiger partial charge is 0.233 e. The molecule has 5 heteroatoms. The summed E-state index contributed by atoms with van der Waals surface area (Å²) in [6, 6.07) is 0. The highest BCUT2D eigenvalue weighted by atomic mass is 16.5. The monoisotopic (exact) mass is 157 g/mol. The lowest BCUT2D eigenvalue weighted by Crippen LogP contribution is -2.32. The fourth-order valence-corrected chi connectivity index (χ4v) is 0.655. The number of hydrogen-bond donors (Lipinski definition) is 1. The largest absolute Gasteiger partial charge is 0.490 e. The van der Waals surface area contributed by atoms with Crippen molar-refractivity contribution in [2.45, 2.75) is 0 Å². The predicted octanol–water partition coefficient (Wildman–Crippen LogP) is -0.219. The summed E-state index contributed by atoms with van der Waals surface area (Å²) in [5, 5.41) is 7.19. The summed E-state index contributed by atoms with van der Waals surface area (Å²) in [7, 11) is 6.14. The summed E-state index contributed by atoms with van der Waals surface area (Å²) in [5.41, 5.74) is 0. The van der Waals surface area contributed by atoms with E-state index in [9.17, 15) is 0 Å². The van der Waals surface area contributed by atoms with Gasteiger partial charge in [-0.15, -0.1) is 0 Å². The van der Waals surface area contributed by atoms with Crippen molar-refractivity contribution in [2.75, 3.05) is 33.4 Å². The fraction of sp³-hybridized carbons (Fsp3) is 0.833. The van der Waals surface area contributed by atoms with Gasteiger partial charge in [-0.25, -0.2) is 0 Å². The number of carboxylic acid groups (broad SMARTS) is 1. The maximum atomic E-state index is 8.78. The van der Waals surface area contributed by atoms with Crippen molar-refractivity contribution in [3.05, 3.63) is 0 Å². The molecule has 0 bridgehead atoms. The van der Waals surface area contributed by atoms with Crippen LogP contribution in [0.3, 0.4) is 0 Å². The van der Waals surface area contributed by atoms with Crippen molar-refractivity contribution < 1.29 is 14.6 Å². The summed E-state index contributed by atoms with van der Waals surface area (Å²) < 4.78 is 5.10. The van der Waals surface area contributed by atoms with E-state index < -0.39 is 5.87 Å². The SMILES string of the molecule is CN1CCOCC1.[B]C(=O)O. The number of morpholine rings is 1. The minimum absolute atomic E-state index is 0.913. The lowest BCUT2D eigenvalue weighted by atomic mass is 10.2. The van der Waals surface area contributed by atoms with E-state index in [1.54, 1.807) is 0 Å². The topological polar surface area (TPSA) is 49.8 Å². The van der Waals surface area contributed by atoms with E-state index in [2.05, 4.69) is 19.8 Å². The van der Waals surface area contributed by atoms with E-state index in [1.807, 2.05) is 0 Å². The van der Waals surface area contributed by atoms with Crippen LogP contribution in [-0.2, 0) is 4.74 Å². The Morgan fingerprint density at radius 1 is 1.55 bits per heavy atom. The predicted molar refractivity (Wildman–Crippen MR) is 42.1 cm³/mol. The van der Waals surface area contributed by atoms with Gasteiger partial charge in [-0.2, -0.15) is 0 Å². The molecule has 0 aromatic carbocycles. The van der Waals surface area contributed by atoms with Crippen molar-refractivity contribution in [3.63, 3.8) is 0 Å². The molecular weight excluding hydrogens is 145 g/mol. The molecule has 0 amide bonds. The molecule has 0 spiro atoms. The van der Waals surface area contributed by atoms with Crippen molar-refractivity contribution >= 4 is 13.7 Å². The van der Waals surface area contributed by atoms with Crippen LogP contribution >= 0.6 is 0 Å². The normalized spacial score (nSPS) is 18.3. The zero-order chi connectivity index (χ0) is 8.69. The molecule has 62 valence electrons. The van der Waals surface area contributed by atoms with Crippen LogP contribution in [0.1, 0.15) is 0 Å². The molecule has 1 aliphatic rings. The van der Waals surface area contributed by atoms with Gasteiger partial charge in [-0.3, -0.25) is 4.79 Å². The third-order valence-electron chi connectivity index (χ3n) is 1.23. The first-order valence-corrected chi connectivity index (χ1v) is 3.37. The number of nitrogens with zero attached hydrogens (tertiary/aromatic N) is 1. The van der Waals surface area contributed by atoms with Gasteiger partial charge in [0.2, 0.25) is 13.7 Å². The highest BCUT2D eigenvalue weighted by molar-refractivity contribution is 6.54. The second kappa shape index (κ2) is 6.18. The molecule has 0 aliphatic carbocycles. The van der Waals surface area contributed by atoms with Gasteiger partial charge in [0.25, 0.3) is 0 Å². The van der Waals surface area contributed by atoms with Gasteiger partial charge < -0.3 is 14.7 Å². The quantitative estimate of drug-likeness (QED) is 0.494. The summed E-state index contributed by atoms with van der Waals surface area (Å²) in [4.78, 5) is 11.0. The number of ether oxygens (including phenoxy) is 1. The van der Waals surface area contributed by atoms with Crippen LogP contribution < -0.4 is 0 Å². The second-order valence-corrected chi connectivity index (χ2v) is 2.25. The van der Waals surface area contributed by atoms with Crippen molar-refractivity contribution in [3.8, 4) is 0 Å². The number of rotatable bonds is 0. The lowest BCUT2D eigenvalue weighted by molar-refractivity contribution is 0.0503. The van der Waals surface area contributed by atoms with Crippen molar-refractivity contribution in [2.24, 2.45) is 0 Å². The van der Waals surface area contributed by atoms with E-state index in [0.29, 0.717) is 0 Å². The molecule has 1 fully saturated rings. The Labute approximate surface area is 67.5 Å². The minimum atomic E-state index is -1.33. The Balaban J connectivity index is 0.000000218. The molecule has 0 unspecified atom stereocenters. The Morgan fingerprint density at radius 3 is 2.09 bits per heavy atom. The standard InChI is InChI=1S/C5H11NO.CHBO2/c1-6-2-4-7-5-3-6;2-1(3)4/h2-5H2,1H3;(H,3,4). The maximum absolute atomic E-state index is 8.78. The van der Waals surface area contributed by atoms with Crippen LogP contribution in [-0.4, -0.2) is 57.1 Å². The van der Waals surface area contributed by atoms with Crippen LogP contribution in [0.5, 0.6) is 0 Å². The molecule has 11 heavy (non-hydrogen) atoms. The van der Waals surface area contributed by atoms with Crippen LogP contribution in [0.15, 0.2) is 0 Å².